The van der Waals surface area contributed by atoms with Gasteiger partial charge in [0.1, 0.15) is 10.0 Å². The molecule has 0 radical (unpaired) electrons. The van der Waals surface area contributed by atoms with E-state index in [1.807, 2.05) is 0 Å². The van der Waals surface area contributed by atoms with Crippen molar-refractivity contribution in [3.8, 4) is 0 Å². The number of aromatic nitrogens is 1. The van der Waals surface area contributed by atoms with Crippen molar-refractivity contribution >= 4 is 27.7 Å². The van der Waals surface area contributed by atoms with Gasteiger partial charge in [0.05, 0.1) is 7.11 Å². The number of hydrogen-bond donors (Lipinski definition) is 0. The Hall–Kier alpha value is -1.50. The standard InChI is InChI=1S/C7H5BrN2O4/c1-14-7(11)4-2-5(8)6(9-3-4)10(12)13/h2-3H,1H3. The molecule has 0 spiro atoms. The number of esters is 1. The quantitative estimate of drug-likeness (QED) is 0.458. The molecule has 0 aliphatic heterocycles. The van der Waals surface area contributed by atoms with Gasteiger partial charge in [-0.2, -0.15) is 0 Å². The van der Waals surface area contributed by atoms with Gasteiger partial charge in [0.2, 0.25) is 0 Å². The summed E-state index contributed by atoms with van der Waals surface area (Å²) in [5.74, 6) is -0.925. The number of hydrogen-bond acceptors (Lipinski definition) is 5. The van der Waals surface area contributed by atoms with Gasteiger partial charge in [-0.05, 0) is 31.9 Å². The van der Waals surface area contributed by atoms with Crippen LogP contribution in [0.25, 0.3) is 0 Å². The monoisotopic (exact) mass is 260 g/mol. The number of halogens is 1. The fourth-order valence-corrected chi connectivity index (χ4v) is 1.29. The van der Waals surface area contributed by atoms with E-state index in [0.29, 0.717) is 0 Å². The van der Waals surface area contributed by atoms with Gasteiger partial charge >= 0.3 is 11.8 Å². The SMILES string of the molecule is COC(=O)c1cnc([N+](=O)[O-])c(Br)c1. The van der Waals surface area contributed by atoms with Crippen LogP contribution in [0.3, 0.4) is 0 Å². The fourth-order valence-electron chi connectivity index (χ4n) is 0.795. The van der Waals surface area contributed by atoms with Gasteiger partial charge < -0.3 is 14.9 Å². The highest BCUT2D eigenvalue weighted by Gasteiger charge is 2.17. The van der Waals surface area contributed by atoms with Crippen molar-refractivity contribution in [2.75, 3.05) is 7.11 Å². The second kappa shape index (κ2) is 4.14. The predicted molar refractivity (Wildman–Crippen MR) is 49.9 cm³/mol. The Morgan fingerprint density at radius 2 is 2.36 bits per heavy atom. The highest BCUT2D eigenvalue weighted by molar-refractivity contribution is 9.10. The number of ether oxygens (including phenoxy) is 1. The number of carbonyl (C=O) groups is 1. The number of rotatable bonds is 2. The zero-order valence-corrected chi connectivity index (χ0v) is 8.65. The van der Waals surface area contributed by atoms with E-state index >= 15 is 0 Å². The summed E-state index contributed by atoms with van der Waals surface area (Å²) in [6, 6.07) is 1.29. The summed E-state index contributed by atoms with van der Waals surface area (Å²) in [5.41, 5.74) is 0.157. The van der Waals surface area contributed by atoms with Gasteiger partial charge in [0.15, 0.2) is 6.20 Å². The maximum absolute atomic E-state index is 11.0. The summed E-state index contributed by atoms with van der Waals surface area (Å²) < 4.78 is 4.57. The third kappa shape index (κ3) is 2.05. The van der Waals surface area contributed by atoms with Crippen molar-refractivity contribution in [2.24, 2.45) is 0 Å². The lowest BCUT2D eigenvalue weighted by Gasteiger charge is -1.98. The molecule has 74 valence electrons. The number of methoxy groups -OCH3 is 1. The van der Waals surface area contributed by atoms with E-state index in [1.54, 1.807) is 0 Å². The average molecular weight is 261 g/mol. The molecule has 0 aliphatic carbocycles. The van der Waals surface area contributed by atoms with Crippen LogP contribution in [0.15, 0.2) is 16.7 Å². The van der Waals surface area contributed by atoms with Gasteiger partial charge in [0, 0.05) is 0 Å². The lowest BCUT2D eigenvalue weighted by molar-refractivity contribution is -0.390. The van der Waals surface area contributed by atoms with Crippen LogP contribution in [0.5, 0.6) is 0 Å². The maximum atomic E-state index is 11.0. The van der Waals surface area contributed by atoms with E-state index in [0.717, 1.165) is 6.20 Å². The van der Waals surface area contributed by atoms with E-state index in [2.05, 4.69) is 25.7 Å². The van der Waals surface area contributed by atoms with Crippen LogP contribution in [0.4, 0.5) is 5.82 Å². The summed E-state index contributed by atoms with van der Waals surface area (Å²) in [6.07, 6.45) is 1.09. The molecule has 0 aromatic carbocycles. The van der Waals surface area contributed by atoms with Crippen molar-refractivity contribution in [3.63, 3.8) is 0 Å². The molecule has 0 atom stereocenters. The molecule has 1 aromatic rings. The van der Waals surface area contributed by atoms with Crippen LogP contribution in [0.1, 0.15) is 10.4 Å². The molecule has 0 saturated carbocycles. The molecular weight excluding hydrogens is 256 g/mol. The minimum absolute atomic E-state index is 0.144. The molecule has 1 aromatic heterocycles. The largest absolute Gasteiger partial charge is 0.465 e. The van der Waals surface area contributed by atoms with Crippen LogP contribution < -0.4 is 0 Å². The number of pyridine rings is 1. The first-order valence-electron chi connectivity index (χ1n) is 3.44. The minimum Gasteiger partial charge on any atom is -0.465 e. The fraction of sp³-hybridized carbons (Fsp3) is 0.143. The lowest BCUT2D eigenvalue weighted by atomic mass is 10.3. The Morgan fingerprint density at radius 3 is 2.79 bits per heavy atom. The molecule has 0 fully saturated rings. The average Bonchev–Trinajstić information content (AvgIpc) is 2.15. The van der Waals surface area contributed by atoms with Crippen LogP contribution in [0.2, 0.25) is 0 Å². The Labute approximate surface area is 87.2 Å². The van der Waals surface area contributed by atoms with Gasteiger partial charge in [0.25, 0.3) is 0 Å². The summed E-state index contributed by atoms with van der Waals surface area (Å²) in [4.78, 5) is 24.2. The van der Waals surface area contributed by atoms with Crippen molar-refractivity contribution in [1.29, 1.82) is 0 Å². The zero-order chi connectivity index (χ0) is 10.7. The van der Waals surface area contributed by atoms with E-state index in [9.17, 15) is 14.9 Å². The van der Waals surface area contributed by atoms with Gasteiger partial charge in [-0.3, -0.25) is 0 Å². The van der Waals surface area contributed by atoms with E-state index < -0.39 is 10.9 Å². The molecule has 14 heavy (non-hydrogen) atoms. The van der Waals surface area contributed by atoms with Crippen molar-refractivity contribution < 1.29 is 14.5 Å². The Kier molecular flexibility index (Phi) is 3.13. The highest BCUT2D eigenvalue weighted by Crippen LogP contribution is 2.22. The van der Waals surface area contributed by atoms with Crippen LogP contribution in [-0.4, -0.2) is 23.0 Å². The molecule has 0 amide bonds. The lowest BCUT2D eigenvalue weighted by Crippen LogP contribution is -2.03. The van der Waals surface area contributed by atoms with Crippen LogP contribution in [-0.2, 0) is 4.74 Å². The number of nitrogens with zero attached hydrogens (tertiary/aromatic N) is 2. The third-order valence-electron chi connectivity index (χ3n) is 1.42. The zero-order valence-electron chi connectivity index (χ0n) is 7.06. The Bertz CT molecular complexity index is 393. The number of nitro groups is 1. The van der Waals surface area contributed by atoms with Crippen LogP contribution >= 0.6 is 15.9 Å². The number of carbonyl (C=O) groups excluding carboxylic acids is 1. The molecule has 0 bridgehead atoms. The molecule has 0 unspecified atom stereocenters. The second-order valence-corrected chi connectivity index (χ2v) is 3.13. The van der Waals surface area contributed by atoms with Crippen LogP contribution in [0, 0.1) is 10.1 Å². The molecule has 0 N–H and O–H groups in total. The molecule has 6 nitrogen and oxygen atoms in total. The first-order valence-corrected chi connectivity index (χ1v) is 4.24. The first kappa shape index (κ1) is 10.6. The van der Waals surface area contributed by atoms with E-state index in [1.165, 1.54) is 13.2 Å². The highest BCUT2D eigenvalue weighted by atomic mass is 79.9. The maximum Gasteiger partial charge on any atom is 0.377 e. The van der Waals surface area contributed by atoms with Gasteiger partial charge in [-0.15, -0.1) is 0 Å². The van der Waals surface area contributed by atoms with Gasteiger partial charge in [-0.25, -0.2) is 4.79 Å². The normalized spacial score (nSPS) is 9.57. The molecule has 7 heteroatoms. The van der Waals surface area contributed by atoms with Crippen molar-refractivity contribution in [1.82, 2.24) is 4.98 Å². The molecular formula is C7H5BrN2O4. The summed E-state index contributed by atoms with van der Waals surface area (Å²) >= 11 is 2.93. The van der Waals surface area contributed by atoms with Crippen molar-refractivity contribution in [2.45, 2.75) is 0 Å². The smallest absolute Gasteiger partial charge is 0.377 e. The predicted octanol–water partition coefficient (Wildman–Crippen LogP) is 1.54. The summed E-state index contributed by atoms with van der Waals surface area (Å²) in [6.45, 7) is 0. The Morgan fingerprint density at radius 1 is 1.71 bits per heavy atom. The molecule has 0 saturated heterocycles. The van der Waals surface area contributed by atoms with Gasteiger partial charge in [-0.1, -0.05) is 0 Å². The first-order chi connectivity index (χ1) is 6.56. The molecule has 0 aliphatic rings. The van der Waals surface area contributed by atoms with E-state index in [4.69, 9.17) is 0 Å². The van der Waals surface area contributed by atoms with Crippen molar-refractivity contribution in [3.05, 3.63) is 32.4 Å². The summed E-state index contributed by atoms with van der Waals surface area (Å²) in [5, 5.41) is 10.4. The summed E-state index contributed by atoms with van der Waals surface area (Å²) in [7, 11) is 1.22. The molecule has 1 heterocycles. The molecule has 1 rings (SSSR count). The Balaban J connectivity index is 3.12. The topological polar surface area (TPSA) is 82.3 Å². The van der Waals surface area contributed by atoms with E-state index in [-0.39, 0.29) is 15.9 Å². The third-order valence-corrected chi connectivity index (χ3v) is 2.00. The minimum atomic E-state index is -0.648. The second-order valence-electron chi connectivity index (χ2n) is 2.28.